The molecule has 0 aliphatic rings. The van der Waals surface area contributed by atoms with E-state index in [1.165, 1.54) is 10.8 Å². The van der Waals surface area contributed by atoms with Gasteiger partial charge in [-0.05, 0) is 16.8 Å². The van der Waals surface area contributed by atoms with Crippen LogP contribution in [0.15, 0.2) is 61.2 Å². The fourth-order valence-corrected chi connectivity index (χ4v) is 2.76. The largest absolute Gasteiger partial charge is 0.348 e. The molecule has 114 valence electrons. The van der Waals surface area contributed by atoms with Crippen LogP contribution in [0.3, 0.4) is 0 Å². The normalized spacial score (nSPS) is 12.6. The molecule has 0 saturated carbocycles. The SMILES string of the molecule is N[C@@H](Cc1cnc[nH]1)c1ncc(-c2ccc3ccccc3c2)[nH]1. The molecule has 4 N–H and O–H groups in total. The van der Waals surface area contributed by atoms with Crippen LogP contribution in [0.25, 0.3) is 22.0 Å². The fourth-order valence-electron chi connectivity index (χ4n) is 2.76. The first-order valence-corrected chi connectivity index (χ1v) is 7.56. The average molecular weight is 303 g/mol. The van der Waals surface area contributed by atoms with E-state index in [4.69, 9.17) is 5.73 Å². The van der Waals surface area contributed by atoms with Crippen molar-refractivity contribution in [2.24, 2.45) is 5.73 Å². The number of fused-ring (bicyclic) bond motifs is 1. The standard InChI is InChI=1S/C18H17N5/c19-16(8-15-9-20-11-22-15)18-21-10-17(23-18)14-6-5-12-3-1-2-4-13(12)7-14/h1-7,9-11,16H,8,19H2,(H,20,22)(H,21,23)/t16-/m0/s1. The highest BCUT2D eigenvalue weighted by molar-refractivity contribution is 5.86. The molecule has 2 aromatic heterocycles. The summed E-state index contributed by atoms with van der Waals surface area (Å²) in [5.41, 5.74) is 9.31. The van der Waals surface area contributed by atoms with Crippen LogP contribution in [-0.4, -0.2) is 19.9 Å². The lowest BCUT2D eigenvalue weighted by Crippen LogP contribution is -2.15. The number of nitrogens with two attached hydrogens (primary N) is 1. The van der Waals surface area contributed by atoms with E-state index < -0.39 is 0 Å². The molecule has 0 fully saturated rings. The Bertz CT molecular complexity index is 923. The predicted octanol–water partition coefficient (Wildman–Crippen LogP) is 3.20. The Morgan fingerprint density at radius 2 is 1.91 bits per heavy atom. The van der Waals surface area contributed by atoms with Gasteiger partial charge in [-0.25, -0.2) is 9.97 Å². The molecule has 0 bridgehead atoms. The summed E-state index contributed by atoms with van der Waals surface area (Å²) in [6.45, 7) is 0. The Morgan fingerprint density at radius 3 is 2.74 bits per heavy atom. The van der Waals surface area contributed by atoms with Gasteiger partial charge in [0.05, 0.1) is 24.3 Å². The molecule has 1 atom stereocenters. The summed E-state index contributed by atoms with van der Waals surface area (Å²) in [4.78, 5) is 14.8. The highest BCUT2D eigenvalue weighted by atomic mass is 15.0. The minimum Gasteiger partial charge on any atom is -0.348 e. The quantitative estimate of drug-likeness (QED) is 0.541. The minimum atomic E-state index is -0.190. The van der Waals surface area contributed by atoms with E-state index in [1.54, 1.807) is 12.5 Å². The van der Waals surface area contributed by atoms with Gasteiger partial charge in [-0.1, -0.05) is 36.4 Å². The summed E-state index contributed by atoms with van der Waals surface area (Å²) in [5, 5.41) is 2.44. The van der Waals surface area contributed by atoms with E-state index in [9.17, 15) is 0 Å². The zero-order valence-corrected chi connectivity index (χ0v) is 12.5. The fraction of sp³-hybridized carbons (Fsp3) is 0.111. The highest BCUT2D eigenvalue weighted by Crippen LogP contribution is 2.24. The Hall–Kier alpha value is -2.92. The molecule has 23 heavy (non-hydrogen) atoms. The van der Waals surface area contributed by atoms with Crippen LogP contribution in [0, 0.1) is 0 Å². The second-order valence-electron chi connectivity index (χ2n) is 5.63. The number of nitrogens with one attached hydrogen (secondary N) is 2. The van der Waals surface area contributed by atoms with Gasteiger partial charge in [0.2, 0.25) is 0 Å². The molecule has 5 nitrogen and oxygen atoms in total. The molecule has 4 aromatic rings. The summed E-state index contributed by atoms with van der Waals surface area (Å²) >= 11 is 0. The first kappa shape index (κ1) is 13.7. The van der Waals surface area contributed by atoms with E-state index in [2.05, 4.69) is 50.3 Å². The number of benzene rings is 2. The third-order valence-corrected chi connectivity index (χ3v) is 4.00. The van der Waals surface area contributed by atoms with Gasteiger partial charge in [-0.2, -0.15) is 0 Å². The molecule has 4 rings (SSSR count). The van der Waals surface area contributed by atoms with E-state index >= 15 is 0 Å². The number of imidazole rings is 2. The third-order valence-electron chi connectivity index (χ3n) is 4.00. The topological polar surface area (TPSA) is 83.4 Å². The highest BCUT2D eigenvalue weighted by Gasteiger charge is 2.12. The van der Waals surface area contributed by atoms with E-state index in [-0.39, 0.29) is 6.04 Å². The lowest BCUT2D eigenvalue weighted by atomic mass is 10.1. The van der Waals surface area contributed by atoms with Gasteiger partial charge in [0.15, 0.2) is 0 Å². The predicted molar refractivity (Wildman–Crippen MR) is 90.7 cm³/mol. The zero-order chi connectivity index (χ0) is 15.6. The molecule has 2 heterocycles. The maximum Gasteiger partial charge on any atom is 0.123 e. The number of H-pyrrole nitrogens is 2. The minimum absolute atomic E-state index is 0.190. The molecule has 0 aliphatic heterocycles. The van der Waals surface area contributed by atoms with Gasteiger partial charge in [-0.15, -0.1) is 0 Å². The zero-order valence-electron chi connectivity index (χ0n) is 12.5. The van der Waals surface area contributed by atoms with Crippen molar-refractivity contribution in [3.05, 3.63) is 72.7 Å². The first-order chi connectivity index (χ1) is 11.3. The van der Waals surface area contributed by atoms with E-state index in [0.29, 0.717) is 6.42 Å². The maximum absolute atomic E-state index is 6.23. The average Bonchev–Trinajstić information content (AvgIpc) is 3.26. The number of hydrogen-bond donors (Lipinski definition) is 3. The summed E-state index contributed by atoms with van der Waals surface area (Å²) in [6, 6.07) is 14.5. The first-order valence-electron chi connectivity index (χ1n) is 7.56. The van der Waals surface area contributed by atoms with Crippen molar-refractivity contribution in [2.75, 3.05) is 0 Å². The Labute approximate surface area is 133 Å². The monoisotopic (exact) mass is 303 g/mol. The van der Waals surface area contributed by atoms with Crippen molar-refractivity contribution in [3.63, 3.8) is 0 Å². The molecule has 0 amide bonds. The third kappa shape index (κ3) is 2.74. The summed E-state index contributed by atoms with van der Waals surface area (Å²) < 4.78 is 0. The van der Waals surface area contributed by atoms with Gasteiger partial charge >= 0.3 is 0 Å². The number of aromatic amines is 2. The van der Waals surface area contributed by atoms with Crippen LogP contribution in [0.2, 0.25) is 0 Å². The van der Waals surface area contributed by atoms with Gasteiger partial charge in [0, 0.05) is 23.9 Å². The maximum atomic E-state index is 6.23. The summed E-state index contributed by atoms with van der Waals surface area (Å²) in [5.74, 6) is 0.780. The summed E-state index contributed by atoms with van der Waals surface area (Å²) in [7, 11) is 0. The number of hydrogen-bond acceptors (Lipinski definition) is 3. The molecular formula is C18H17N5. The molecule has 5 heteroatoms. The van der Waals surface area contributed by atoms with Crippen molar-refractivity contribution in [3.8, 4) is 11.3 Å². The Balaban J connectivity index is 1.61. The number of nitrogens with zero attached hydrogens (tertiary/aromatic N) is 2. The van der Waals surface area contributed by atoms with Gasteiger partial charge in [0.25, 0.3) is 0 Å². The van der Waals surface area contributed by atoms with Gasteiger partial charge in [0.1, 0.15) is 5.82 Å². The van der Waals surface area contributed by atoms with Crippen molar-refractivity contribution in [1.82, 2.24) is 19.9 Å². The molecular weight excluding hydrogens is 286 g/mol. The van der Waals surface area contributed by atoms with Crippen LogP contribution >= 0.6 is 0 Å². The molecule has 0 radical (unpaired) electrons. The van der Waals surface area contributed by atoms with Crippen LogP contribution in [-0.2, 0) is 6.42 Å². The van der Waals surface area contributed by atoms with Crippen LogP contribution in [0.1, 0.15) is 17.6 Å². The number of rotatable bonds is 4. The van der Waals surface area contributed by atoms with Crippen molar-refractivity contribution < 1.29 is 0 Å². The van der Waals surface area contributed by atoms with Crippen molar-refractivity contribution in [2.45, 2.75) is 12.5 Å². The second-order valence-corrected chi connectivity index (χ2v) is 5.63. The van der Waals surface area contributed by atoms with Crippen molar-refractivity contribution >= 4 is 10.8 Å². The molecule has 0 saturated heterocycles. The Morgan fingerprint density at radius 1 is 1.04 bits per heavy atom. The lowest BCUT2D eigenvalue weighted by molar-refractivity contribution is 0.668. The molecule has 2 aromatic carbocycles. The second kappa shape index (κ2) is 5.70. The van der Waals surface area contributed by atoms with Crippen LogP contribution in [0.5, 0.6) is 0 Å². The van der Waals surface area contributed by atoms with Gasteiger partial charge < -0.3 is 15.7 Å². The molecule has 0 aliphatic carbocycles. The van der Waals surface area contributed by atoms with Crippen LogP contribution in [0.4, 0.5) is 0 Å². The Kier molecular flexibility index (Phi) is 3.40. The smallest absolute Gasteiger partial charge is 0.123 e. The molecule has 0 spiro atoms. The van der Waals surface area contributed by atoms with Crippen LogP contribution < -0.4 is 5.73 Å². The summed E-state index contributed by atoms with van der Waals surface area (Å²) in [6.07, 6.45) is 5.95. The van der Waals surface area contributed by atoms with Gasteiger partial charge in [-0.3, -0.25) is 0 Å². The number of aromatic nitrogens is 4. The lowest BCUT2D eigenvalue weighted by Gasteiger charge is -2.07. The molecule has 0 unspecified atom stereocenters. The van der Waals surface area contributed by atoms with E-state index in [1.807, 2.05) is 18.3 Å². The van der Waals surface area contributed by atoms with Crippen molar-refractivity contribution in [1.29, 1.82) is 0 Å². The van der Waals surface area contributed by atoms with E-state index in [0.717, 1.165) is 22.8 Å².